The number of ether oxygens (including phenoxy) is 1. The number of esters is 1. The minimum Gasteiger partial charge on any atom is -0.455 e. The summed E-state index contributed by atoms with van der Waals surface area (Å²) in [5.74, 6) is -0.754. The largest absolute Gasteiger partial charge is 0.455 e. The van der Waals surface area contributed by atoms with Crippen LogP contribution < -0.4 is 5.32 Å². The van der Waals surface area contributed by atoms with E-state index in [0.29, 0.717) is 12.1 Å². The lowest BCUT2D eigenvalue weighted by Gasteiger charge is -2.16. The Morgan fingerprint density at radius 1 is 1.04 bits per heavy atom. The van der Waals surface area contributed by atoms with E-state index >= 15 is 0 Å². The maximum Gasteiger partial charge on any atom is 0.309 e. The maximum absolute atomic E-state index is 12.2. The van der Waals surface area contributed by atoms with E-state index in [-0.39, 0.29) is 24.4 Å². The molecule has 3 rings (SSSR count). The van der Waals surface area contributed by atoms with Gasteiger partial charge in [0, 0.05) is 9.79 Å². The van der Waals surface area contributed by atoms with E-state index < -0.39 is 0 Å². The van der Waals surface area contributed by atoms with E-state index in [2.05, 4.69) is 11.4 Å². The highest BCUT2D eigenvalue weighted by Gasteiger charge is 2.21. The van der Waals surface area contributed by atoms with Crippen LogP contribution in [0.25, 0.3) is 0 Å². The van der Waals surface area contributed by atoms with Crippen LogP contribution in [0.1, 0.15) is 19.3 Å². The number of nitrogens with one attached hydrogen (secondary N) is 1. The van der Waals surface area contributed by atoms with Crippen LogP contribution in [-0.4, -0.2) is 18.5 Å². The van der Waals surface area contributed by atoms with E-state index in [0.717, 1.165) is 22.6 Å². The minimum absolute atomic E-state index is 0.131. The van der Waals surface area contributed by atoms with Gasteiger partial charge in [0.15, 0.2) is 6.61 Å². The molecule has 0 aliphatic heterocycles. The molecule has 4 nitrogen and oxygen atoms in total. The van der Waals surface area contributed by atoms with Gasteiger partial charge in [0.05, 0.1) is 11.6 Å². The number of amides is 1. The number of rotatable bonds is 6. The highest BCUT2D eigenvalue weighted by Crippen LogP contribution is 2.33. The van der Waals surface area contributed by atoms with E-state index in [9.17, 15) is 9.59 Å². The van der Waals surface area contributed by atoms with Crippen LogP contribution in [0.3, 0.4) is 0 Å². The molecule has 5 heteroatoms. The first kappa shape index (κ1) is 18.3. The predicted octanol–water partition coefficient (Wildman–Crippen LogP) is 4.68. The Bertz CT molecular complexity index is 789. The molecule has 0 fully saturated rings. The van der Waals surface area contributed by atoms with Gasteiger partial charge in [-0.3, -0.25) is 9.59 Å². The zero-order chi connectivity index (χ0) is 18.2. The van der Waals surface area contributed by atoms with E-state index in [4.69, 9.17) is 4.74 Å². The van der Waals surface area contributed by atoms with Crippen molar-refractivity contribution < 1.29 is 14.3 Å². The second-order valence-electron chi connectivity index (χ2n) is 6.05. The molecule has 2 aromatic rings. The van der Waals surface area contributed by atoms with Crippen molar-refractivity contribution in [1.29, 1.82) is 0 Å². The lowest BCUT2D eigenvalue weighted by Crippen LogP contribution is -2.25. The first-order chi connectivity index (χ1) is 12.7. The summed E-state index contributed by atoms with van der Waals surface area (Å²) in [5, 5.41) is 2.84. The van der Waals surface area contributed by atoms with Crippen LogP contribution in [0.15, 0.2) is 76.5 Å². The lowest BCUT2D eigenvalue weighted by atomic mass is 9.95. The third-order valence-corrected chi connectivity index (χ3v) is 5.16. The molecule has 0 saturated heterocycles. The molecule has 1 N–H and O–H groups in total. The fourth-order valence-electron chi connectivity index (χ4n) is 2.72. The molecule has 1 amide bonds. The number of carbonyl (C=O) groups is 2. The van der Waals surface area contributed by atoms with E-state index in [1.807, 2.05) is 60.7 Å². The molecule has 0 saturated carbocycles. The molecule has 2 aromatic carbocycles. The van der Waals surface area contributed by atoms with Crippen LogP contribution >= 0.6 is 11.8 Å². The first-order valence-corrected chi connectivity index (χ1v) is 9.47. The van der Waals surface area contributed by atoms with E-state index in [1.165, 1.54) is 0 Å². The zero-order valence-corrected chi connectivity index (χ0v) is 15.2. The number of hydrogen-bond acceptors (Lipinski definition) is 4. The molecule has 0 aromatic heterocycles. The van der Waals surface area contributed by atoms with Gasteiger partial charge in [-0.2, -0.15) is 0 Å². The molecular formula is C21H21NO3S. The van der Waals surface area contributed by atoms with Crippen molar-refractivity contribution in [2.24, 2.45) is 5.92 Å². The lowest BCUT2D eigenvalue weighted by molar-refractivity contribution is -0.151. The summed E-state index contributed by atoms with van der Waals surface area (Å²) in [5.41, 5.74) is 0.711. The Balaban J connectivity index is 1.55. The Kier molecular flexibility index (Phi) is 6.50. The molecular weight excluding hydrogens is 346 g/mol. The Hall–Kier alpha value is -2.53. The Morgan fingerprint density at radius 2 is 1.81 bits per heavy atom. The van der Waals surface area contributed by atoms with Gasteiger partial charge in [-0.25, -0.2) is 0 Å². The van der Waals surface area contributed by atoms with Crippen molar-refractivity contribution in [3.8, 4) is 0 Å². The molecule has 0 spiro atoms. The molecule has 1 aliphatic rings. The second kappa shape index (κ2) is 9.25. The normalized spacial score (nSPS) is 16.1. The third kappa shape index (κ3) is 5.23. The predicted molar refractivity (Wildman–Crippen MR) is 103 cm³/mol. The molecule has 0 heterocycles. The average Bonchev–Trinajstić information content (AvgIpc) is 2.69. The summed E-state index contributed by atoms with van der Waals surface area (Å²) in [6, 6.07) is 17.5. The van der Waals surface area contributed by atoms with E-state index in [1.54, 1.807) is 11.8 Å². The first-order valence-electron chi connectivity index (χ1n) is 8.66. The highest BCUT2D eigenvalue weighted by molar-refractivity contribution is 7.99. The number of hydrogen-bond donors (Lipinski definition) is 1. The monoisotopic (exact) mass is 367 g/mol. The SMILES string of the molecule is O=C(COC(=O)[C@@H]1CC=CCC1)Nc1ccccc1Sc1ccccc1. The van der Waals surface area contributed by atoms with Gasteiger partial charge in [-0.05, 0) is 43.5 Å². The minimum atomic E-state index is -0.328. The quantitative estimate of drug-likeness (QED) is 0.595. The van der Waals surface area contributed by atoms with Crippen molar-refractivity contribution in [2.75, 3.05) is 11.9 Å². The second-order valence-corrected chi connectivity index (χ2v) is 7.16. The Morgan fingerprint density at radius 3 is 2.58 bits per heavy atom. The van der Waals surface area contributed by atoms with Gasteiger partial charge in [0.25, 0.3) is 5.91 Å². The summed E-state index contributed by atoms with van der Waals surface area (Å²) < 4.78 is 5.18. The molecule has 0 radical (unpaired) electrons. The number of allylic oxidation sites excluding steroid dienone is 2. The average molecular weight is 367 g/mol. The fraction of sp³-hybridized carbons (Fsp3) is 0.238. The van der Waals surface area contributed by atoms with Crippen LogP contribution in [0.4, 0.5) is 5.69 Å². The van der Waals surface area contributed by atoms with Gasteiger partial charge < -0.3 is 10.1 Å². The van der Waals surface area contributed by atoms with Crippen LogP contribution in [0, 0.1) is 5.92 Å². The zero-order valence-electron chi connectivity index (χ0n) is 14.4. The van der Waals surface area contributed by atoms with Crippen molar-refractivity contribution >= 4 is 29.3 Å². The maximum atomic E-state index is 12.2. The van der Waals surface area contributed by atoms with Crippen molar-refractivity contribution in [2.45, 2.75) is 29.1 Å². The van der Waals surface area contributed by atoms with Gasteiger partial charge in [-0.1, -0.05) is 54.2 Å². The van der Waals surface area contributed by atoms with Crippen molar-refractivity contribution in [3.05, 3.63) is 66.7 Å². The van der Waals surface area contributed by atoms with Crippen molar-refractivity contribution in [1.82, 2.24) is 0 Å². The van der Waals surface area contributed by atoms with Gasteiger partial charge in [-0.15, -0.1) is 0 Å². The van der Waals surface area contributed by atoms with Gasteiger partial charge >= 0.3 is 5.97 Å². The molecule has 0 unspecified atom stereocenters. The van der Waals surface area contributed by atoms with Crippen LogP contribution in [0.2, 0.25) is 0 Å². The van der Waals surface area contributed by atoms with Crippen molar-refractivity contribution in [3.63, 3.8) is 0 Å². The summed E-state index contributed by atoms with van der Waals surface area (Å²) in [7, 11) is 0. The summed E-state index contributed by atoms with van der Waals surface area (Å²) >= 11 is 1.57. The smallest absolute Gasteiger partial charge is 0.309 e. The molecule has 134 valence electrons. The topological polar surface area (TPSA) is 55.4 Å². The molecule has 26 heavy (non-hydrogen) atoms. The van der Waals surface area contributed by atoms with Crippen LogP contribution in [-0.2, 0) is 14.3 Å². The number of carbonyl (C=O) groups excluding carboxylic acids is 2. The standard InChI is InChI=1S/C21H21NO3S/c23-20(15-25-21(24)16-9-3-1-4-10-16)22-18-13-7-8-14-19(18)26-17-11-5-2-6-12-17/h1-3,5-8,11-14,16H,4,9-10,15H2,(H,22,23)/t16-/m1/s1. The van der Waals surface area contributed by atoms with Gasteiger partial charge in [0.2, 0.25) is 0 Å². The number of anilines is 1. The summed E-state index contributed by atoms with van der Waals surface area (Å²) in [6.07, 6.45) is 6.42. The number of para-hydroxylation sites is 1. The third-order valence-electron chi connectivity index (χ3n) is 4.08. The summed E-state index contributed by atoms with van der Waals surface area (Å²) in [6.45, 7) is -0.261. The molecule has 1 aliphatic carbocycles. The highest BCUT2D eigenvalue weighted by atomic mass is 32.2. The number of benzene rings is 2. The Labute approximate surface area is 157 Å². The molecule has 1 atom stereocenters. The van der Waals surface area contributed by atoms with Crippen LogP contribution in [0.5, 0.6) is 0 Å². The molecule has 0 bridgehead atoms. The van der Waals surface area contributed by atoms with Gasteiger partial charge in [0.1, 0.15) is 0 Å². The fourth-order valence-corrected chi connectivity index (χ4v) is 3.65. The summed E-state index contributed by atoms with van der Waals surface area (Å²) in [4.78, 5) is 26.2.